The molecule has 0 aromatic heterocycles. The fourth-order valence-corrected chi connectivity index (χ4v) is 4.46. The molecule has 0 bridgehead atoms. The first-order valence-corrected chi connectivity index (χ1v) is 19.6. The van der Waals surface area contributed by atoms with Crippen molar-refractivity contribution in [2.24, 2.45) is 0 Å². The van der Waals surface area contributed by atoms with Gasteiger partial charge in [-0.3, -0.25) is 0 Å². The van der Waals surface area contributed by atoms with E-state index in [9.17, 15) is 0 Å². The molecule has 5 heteroatoms. The molecule has 2 nitrogen and oxygen atoms in total. The largest absolute Gasteiger partial charge is 0.543 e. The summed E-state index contributed by atoms with van der Waals surface area (Å²) in [6.07, 6.45) is 0. The van der Waals surface area contributed by atoms with Crippen LogP contribution in [0.1, 0.15) is 47.1 Å². The van der Waals surface area contributed by atoms with Crippen molar-refractivity contribution in [2.75, 3.05) is 0 Å². The average Bonchev–Trinajstić information content (AvgIpc) is 2.40. The molecular formula is C23H42O2Si3. The predicted octanol–water partition coefficient (Wildman–Crippen LogP) is 7.68. The van der Waals surface area contributed by atoms with Crippen molar-refractivity contribution < 1.29 is 8.85 Å². The van der Waals surface area contributed by atoms with Crippen molar-refractivity contribution in [3.05, 3.63) is 23.8 Å². The second-order valence-corrected chi connectivity index (χ2v) is 26.1. The van der Waals surface area contributed by atoms with Crippen LogP contribution in [0.25, 0.3) is 0 Å². The molecule has 0 saturated heterocycles. The number of benzene rings is 1. The molecule has 0 aliphatic rings. The highest BCUT2D eigenvalue weighted by Crippen LogP contribution is 2.40. The molecule has 1 aromatic rings. The molecule has 28 heavy (non-hydrogen) atoms. The van der Waals surface area contributed by atoms with Gasteiger partial charge in [-0.25, -0.2) is 0 Å². The topological polar surface area (TPSA) is 18.5 Å². The van der Waals surface area contributed by atoms with Gasteiger partial charge in [-0.1, -0.05) is 67.1 Å². The Bertz CT molecular complexity index is 703. The van der Waals surface area contributed by atoms with Gasteiger partial charge in [0.05, 0.1) is 0 Å². The third-order valence-electron chi connectivity index (χ3n) is 5.82. The van der Waals surface area contributed by atoms with Gasteiger partial charge in [0.1, 0.15) is 19.6 Å². The maximum Gasteiger partial charge on any atom is 0.250 e. The molecule has 0 atom stereocenters. The van der Waals surface area contributed by atoms with Crippen LogP contribution >= 0.6 is 0 Å². The van der Waals surface area contributed by atoms with Crippen LogP contribution in [0.5, 0.6) is 11.5 Å². The predicted molar refractivity (Wildman–Crippen MR) is 132 cm³/mol. The lowest BCUT2D eigenvalue weighted by Crippen LogP contribution is -2.44. The molecule has 0 aliphatic carbocycles. The highest BCUT2D eigenvalue weighted by atomic mass is 28.4. The molecule has 0 heterocycles. The van der Waals surface area contributed by atoms with Crippen LogP contribution in [0.15, 0.2) is 18.2 Å². The van der Waals surface area contributed by atoms with Gasteiger partial charge in [0.25, 0.3) is 0 Å². The van der Waals surface area contributed by atoms with E-state index < -0.39 is 24.7 Å². The Hall–Kier alpha value is -0.969. The minimum absolute atomic E-state index is 0.146. The van der Waals surface area contributed by atoms with E-state index in [0.29, 0.717) is 0 Å². The maximum absolute atomic E-state index is 6.60. The molecule has 0 fully saturated rings. The summed E-state index contributed by atoms with van der Waals surface area (Å²) >= 11 is 0. The Kier molecular flexibility index (Phi) is 7.20. The van der Waals surface area contributed by atoms with Crippen LogP contribution in [0.3, 0.4) is 0 Å². The molecule has 0 aliphatic heterocycles. The van der Waals surface area contributed by atoms with Gasteiger partial charge in [-0.05, 0) is 48.4 Å². The second-order valence-electron chi connectivity index (χ2n) is 11.9. The van der Waals surface area contributed by atoms with Crippen molar-refractivity contribution in [1.29, 1.82) is 0 Å². The zero-order chi connectivity index (χ0) is 22.2. The van der Waals surface area contributed by atoms with Crippen molar-refractivity contribution in [1.82, 2.24) is 0 Å². The lowest BCUT2D eigenvalue weighted by atomic mass is 10.2. The molecule has 0 spiro atoms. The fourth-order valence-electron chi connectivity index (χ4n) is 1.92. The summed E-state index contributed by atoms with van der Waals surface area (Å²) in [5, 5.41) is 0.293. The normalized spacial score (nSPS) is 13.6. The highest BCUT2D eigenvalue weighted by molar-refractivity contribution is 6.83. The van der Waals surface area contributed by atoms with Gasteiger partial charge >= 0.3 is 0 Å². The van der Waals surface area contributed by atoms with E-state index in [0.717, 1.165) is 17.1 Å². The van der Waals surface area contributed by atoms with Crippen LogP contribution in [-0.4, -0.2) is 24.7 Å². The van der Waals surface area contributed by atoms with E-state index in [1.165, 1.54) is 0 Å². The van der Waals surface area contributed by atoms with E-state index in [1.807, 2.05) is 0 Å². The smallest absolute Gasteiger partial charge is 0.250 e. The van der Waals surface area contributed by atoms with E-state index in [1.54, 1.807) is 0 Å². The van der Waals surface area contributed by atoms with E-state index in [-0.39, 0.29) is 10.1 Å². The van der Waals surface area contributed by atoms with Gasteiger partial charge < -0.3 is 8.85 Å². The quantitative estimate of drug-likeness (QED) is 0.357. The number of hydrogen-bond donors (Lipinski definition) is 0. The minimum Gasteiger partial charge on any atom is -0.543 e. The van der Waals surface area contributed by atoms with Crippen LogP contribution in [0.2, 0.25) is 55.9 Å². The Morgan fingerprint density at radius 2 is 1.00 bits per heavy atom. The standard InChI is InChI=1S/C23H42O2Si3/c1-22(2,3)27(10,11)24-20-16-19(14-15-26(7,8)9)17-21(18-20)25-28(12,13)23(4,5)6/h16-18H,1-13H3. The van der Waals surface area contributed by atoms with Crippen LogP contribution in [0.4, 0.5) is 0 Å². The average molecular weight is 435 g/mol. The molecule has 0 unspecified atom stereocenters. The van der Waals surface area contributed by atoms with Gasteiger partial charge in [-0.15, -0.1) is 5.54 Å². The fraction of sp³-hybridized carbons (Fsp3) is 0.652. The van der Waals surface area contributed by atoms with Crippen LogP contribution < -0.4 is 8.85 Å². The molecule has 0 saturated carbocycles. The number of rotatable bonds is 4. The molecule has 0 radical (unpaired) electrons. The molecule has 0 amide bonds. The molecular weight excluding hydrogens is 393 g/mol. The first kappa shape index (κ1) is 25.1. The summed E-state index contributed by atoms with van der Waals surface area (Å²) in [7, 11) is -5.31. The first-order valence-electron chi connectivity index (χ1n) is 10.3. The maximum atomic E-state index is 6.60. The van der Waals surface area contributed by atoms with E-state index in [2.05, 4.69) is 117 Å². The Labute approximate surface area is 177 Å². The molecule has 1 aromatic carbocycles. The monoisotopic (exact) mass is 434 g/mol. The number of hydrogen-bond acceptors (Lipinski definition) is 2. The van der Waals surface area contributed by atoms with Crippen molar-refractivity contribution in [3.8, 4) is 23.0 Å². The van der Waals surface area contributed by atoms with Gasteiger partial charge in [0.2, 0.25) is 16.6 Å². The van der Waals surface area contributed by atoms with Gasteiger partial charge in [0.15, 0.2) is 0 Å². The van der Waals surface area contributed by atoms with Crippen molar-refractivity contribution in [2.45, 2.75) is 97.4 Å². The highest BCUT2D eigenvalue weighted by Gasteiger charge is 2.40. The third-order valence-corrected chi connectivity index (χ3v) is 15.4. The summed E-state index contributed by atoms with van der Waals surface area (Å²) in [5.41, 5.74) is 4.47. The Morgan fingerprint density at radius 1 is 0.643 bits per heavy atom. The summed E-state index contributed by atoms with van der Waals surface area (Å²) in [6, 6.07) is 6.25. The lowest BCUT2D eigenvalue weighted by Gasteiger charge is -2.38. The summed E-state index contributed by atoms with van der Waals surface area (Å²) in [4.78, 5) is 0. The Morgan fingerprint density at radius 3 is 1.29 bits per heavy atom. The van der Waals surface area contributed by atoms with Gasteiger partial charge in [0, 0.05) is 11.6 Å². The van der Waals surface area contributed by atoms with Gasteiger partial charge in [-0.2, -0.15) is 0 Å². The molecule has 1 rings (SSSR count). The second kappa shape index (κ2) is 8.04. The zero-order valence-electron chi connectivity index (χ0n) is 20.5. The van der Waals surface area contributed by atoms with Crippen molar-refractivity contribution >= 4 is 24.7 Å². The lowest BCUT2D eigenvalue weighted by molar-refractivity contribution is 0.474. The summed E-state index contributed by atoms with van der Waals surface area (Å²) in [5.74, 6) is 5.18. The van der Waals surface area contributed by atoms with E-state index >= 15 is 0 Å². The Balaban J connectivity index is 3.42. The SMILES string of the molecule is CC(C)(C)[Si](C)(C)Oc1cc(C#C[Si](C)(C)C)cc(O[Si](C)(C)C(C)(C)C)c1. The van der Waals surface area contributed by atoms with Crippen molar-refractivity contribution in [3.63, 3.8) is 0 Å². The third kappa shape index (κ3) is 7.13. The van der Waals surface area contributed by atoms with E-state index in [4.69, 9.17) is 8.85 Å². The minimum atomic E-state index is -1.93. The summed E-state index contributed by atoms with van der Waals surface area (Å²) in [6.45, 7) is 29.5. The molecule has 0 N–H and O–H groups in total. The van der Waals surface area contributed by atoms with Crippen LogP contribution in [0, 0.1) is 11.5 Å². The van der Waals surface area contributed by atoms with Crippen LogP contribution in [-0.2, 0) is 0 Å². The first-order chi connectivity index (χ1) is 12.2. The molecule has 158 valence electrons. The summed E-state index contributed by atoms with van der Waals surface area (Å²) < 4.78 is 13.2. The zero-order valence-corrected chi connectivity index (χ0v) is 23.5.